The first-order valence-electron chi connectivity index (χ1n) is 12.5. The fourth-order valence-electron chi connectivity index (χ4n) is 5.15. The predicted molar refractivity (Wildman–Crippen MR) is 141 cm³/mol. The van der Waals surface area contributed by atoms with Gasteiger partial charge in [0.25, 0.3) is 10.0 Å². The van der Waals surface area contributed by atoms with Gasteiger partial charge in [-0.05, 0) is 67.1 Å². The van der Waals surface area contributed by atoms with Crippen LogP contribution in [0.25, 0.3) is 10.9 Å². The smallest absolute Gasteiger partial charge is 0.264 e. The molecule has 1 saturated heterocycles. The van der Waals surface area contributed by atoms with Gasteiger partial charge in [-0.3, -0.25) is 9.71 Å². The number of rotatable bonds is 9. The molecule has 1 fully saturated rings. The second-order valence-corrected chi connectivity index (χ2v) is 11.6. The summed E-state index contributed by atoms with van der Waals surface area (Å²) >= 11 is 0. The number of benzene rings is 2. The van der Waals surface area contributed by atoms with E-state index in [1.54, 1.807) is 18.3 Å². The molecule has 1 N–H and O–H groups in total. The molecule has 0 aliphatic carbocycles. The van der Waals surface area contributed by atoms with Gasteiger partial charge >= 0.3 is 0 Å². The molecule has 3 aromatic rings. The molecule has 1 aliphatic heterocycles. The van der Waals surface area contributed by atoms with E-state index in [1.165, 1.54) is 37.8 Å². The van der Waals surface area contributed by atoms with Crippen LogP contribution in [0.3, 0.4) is 0 Å². The van der Waals surface area contributed by atoms with Crippen molar-refractivity contribution in [1.29, 1.82) is 0 Å². The van der Waals surface area contributed by atoms with Crippen molar-refractivity contribution in [2.45, 2.75) is 63.2 Å². The summed E-state index contributed by atoms with van der Waals surface area (Å²) in [6.07, 6.45) is 7.88. The van der Waals surface area contributed by atoms with Crippen LogP contribution in [0.5, 0.6) is 0 Å². The number of hydrogen-bond acceptors (Lipinski definition) is 4. The summed E-state index contributed by atoms with van der Waals surface area (Å²) in [4.78, 5) is 7.12. The molecule has 0 unspecified atom stereocenters. The molecule has 6 heteroatoms. The van der Waals surface area contributed by atoms with Gasteiger partial charge in [-0.2, -0.15) is 0 Å². The van der Waals surface area contributed by atoms with Crippen molar-refractivity contribution in [3.8, 4) is 0 Å². The molecule has 0 bridgehead atoms. The number of anilines is 1. The van der Waals surface area contributed by atoms with E-state index in [0.717, 1.165) is 24.9 Å². The van der Waals surface area contributed by atoms with E-state index in [0.29, 0.717) is 17.1 Å². The first-order chi connectivity index (χ1) is 16.3. The van der Waals surface area contributed by atoms with E-state index in [-0.39, 0.29) is 10.3 Å². The molecule has 0 amide bonds. The Balaban J connectivity index is 1.51. The number of hydrogen-bond donors (Lipinski definition) is 1. The number of piperidine rings is 1. The molecule has 2 atom stereocenters. The molecule has 2 heterocycles. The van der Waals surface area contributed by atoms with Crippen LogP contribution in [0, 0.1) is 5.92 Å². The molecule has 1 aliphatic rings. The van der Waals surface area contributed by atoms with Crippen LogP contribution in [0.15, 0.2) is 65.7 Å². The van der Waals surface area contributed by atoms with E-state index in [4.69, 9.17) is 0 Å². The zero-order chi connectivity index (χ0) is 24.2. The van der Waals surface area contributed by atoms with Gasteiger partial charge in [0.15, 0.2) is 0 Å². The number of sulfonamides is 1. The summed E-state index contributed by atoms with van der Waals surface area (Å²) in [7, 11) is -3.77. The Morgan fingerprint density at radius 2 is 1.88 bits per heavy atom. The SMILES string of the molecule is CCCCCCN1CC[C@](C)(c2cccc(NS(=O)(=O)c3cccc4cccnc34)c2)[C@@H](C)C1. The highest BCUT2D eigenvalue weighted by molar-refractivity contribution is 7.93. The fourth-order valence-corrected chi connectivity index (χ4v) is 6.38. The van der Waals surface area contributed by atoms with Gasteiger partial charge in [0.2, 0.25) is 0 Å². The van der Waals surface area contributed by atoms with Gasteiger partial charge in [-0.1, -0.05) is 70.4 Å². The topological polar surface area (TPSA) is 62.3 Å². The summed E-state index contributed by atoms with van der Waals surface area (Å²) in [5.41, 5.74) is 2.30. The summed E-state index contributed by atoms with van der Waals surface area (Å²) in [6, 6.07) is 16.9. The van der Waals surface area contributed by atoms with Crippen LogP contribution in [0.1, 0.15) is 58.4 Å². The van der Waals surface area contributed by atoms with Crippen molar-refractivity contribution in [3.05, 3.63) is 66.4 Å². The highest BCUT2D eigenvalue weighted by Gasteiger charge is 2.38. The van der Waals surface area contributed by atoms with Crippen molar-refractivity contribution in [2.24, 2.45) is 5.92 Å². The molecular formula is C28H37N3O2S. The number of pyridine rings is 1. The van der Waals surface area contributed by atoms with E-state index in [9.17, 15) is 8.42 Å². The van der Waals surface area contributed by atoms with Crippen molar-refractivity contribution >= 4 is 26.6 Å². The Morgan fingerprint density at radius 1 is 1.09 bits per heavy atom. The van der Waals surface area contributed by atoms with Crippen LogP contribution >= 0.6 is 0 Å². The van der Waals surface area contributed by atoms with E-state index >= 15 is 0 Å². The molecule has 0 saturated carbocycles. The molecule has 2 aromatic carbocycles. The largest absolute Gasteiger partial charge is 0.303 e. The lowest BCUT2D eigenvalue weighted by molar-refractivity contribution is 0.109. The number of fused-ring (bicyclic) bond motifs is 1. The zero-order valence-electron chi connectivity index (χ0n) is 20.6. The molecule has 5 nitrogen and oxygen atoms in total. The summed E-state index contributed by atoms with van der Waals surface area (Å²) in [5, 5.41) is 0.807. The fraction of sp³-hybridized carbons (Fsp3) is 0.464. The van der Waals surface area contributed by atoms with Crippen LogP contribution in [0.2, 0.25) is 0 Å². The normalized spacial score (nSPS) is 21.6. The Morgan fingerprint density at radius 3 is 2.68 bits per heavy atom. The van der Waals surface area contributed by atoms with Crippen LogP contribution in [0.4, 0.5) is 5.69 Å². The molecular weight excluding hydrogens is 442 g/mol. The molecule has 1 aromatic heterocycles. The van der Waals surface area contributed by atoms with Crippen LogP contribution in [-0.2, 0) is 15.4 Å². The lowest BCUT2D eigenvalue weighted by Gasteiger charge is -2.45. The van der Waals surface area contributed by atoms with Crippen LogP contribution in [-0.4, -0.2) is 37.9 Å². The van der Waals surface area contributed by atoms with Crippen molar-refractivity contribution in [3.63, 3.8) is 0 Å². The number of unbranched alkanes of at least 4 members (excludes halogenated alkanes) is 3. The third-order valence-corrected chi connectivity index (χ3v) is 8.97. The maximum atomic E-state index is 13.3. The maximum Gasteiger partial charge on any atom is 0.264 e. The Bertz CT molecular complexity index is 1220. The van der Waals surface area contributed by atoms with Crippen molar-refractivity contribution < 1.29 is 8.42 Å². The van der Waals surface area contributed by atoms with E-state index in [1.807, 2.05) is 36.4 Å². The van der Waals surface area contributed by atoms with Gasteiger partial charge in [0.05, 0.1) is 5.52 Å². The van der Waals surface area contributed by atoms with Gasteiger partial charge in [-0.25, -0.2) is 8.42 Å². The first kappa shape index (κ1) is 24.7. The van der Waals surface area contributed by atoms with Crippen LogP contribution < -0.4 is 4.72 Å². The number of para-hydroxylation sites is 1. The molecule has 0 radical (unpaired) electrons. The van der Waals surface area contributed by atoms with Crippen molar-refractivity contribution in [2.75, 3.05) is 24.4 Å². The monoisotopic (exact) mass is 479 g/mol. The molecule has 4 rings (SSSR count). The van der Waals surface area contributed by atoms with E-state index < -0.39 is 10.0 Å². The summed E-state index contributed by atoms with van der Waals surface area (Å²) in [5.74, 6) is 0.488. The Kier molecular flexibility index (Phi) is 7.58. The average Bonchev–Trinajstić information content (AvgIpc) is 2.83. The summed E-state index contributed by atoms with van der Waals surface area (Å²) in [6.45, 7) is 10.3. The molecule has 34 heavy (non-hydrogen) atoms. The Labute approximate surface area is 204 Å². The quantitative estimate of drug-likeness (QED) is 0.370. The molecule has 182 valence electrons. The lowest BCUT2D eigenvalue weighted by Crippen LogP contribution is -2.47. The number of likely N-dealkylation sites (tertiary alicyclic amines) is 1. The summed E-state index contributed by atoms with van der Waals surface area (Å²) < 4.78 is 29.4. The standard InChI is InChI=1S/C28H37N3O2S/c1-4-5-6-7-18-31-19-16-28(3,22(2)21-31)24-13-9-14-25(20-24)30-34(32,33)26-15-8-11-23-12-10-17-29-27(23)26/h8-15,17,20,22,30H,4-7,16,18-19,21H2,1-3H3/t22-,28-/m0/s1. The highest BCUT2D eigenvalue weighted by Crippen LogP contribution is 2.40. The van der Waals surface area contributed by atoms with Gasteiger partial charge in [0.1, 0.15) is 4.90 Å². The van der Waals surface area contributed by atoms with Gasteiger partial charge in [-0.15, -0.1) is 0 Å². The number of nitrogens with zero attached hydrogens (tertiary/aromatic N) is 2. The zero-order valence-corrected chi connectivity index (χ0v) is 21.4. The highest BCUT2D eigenvalue weighted by atomic mass is 32.2. The minimum atomic E-state index is -3.77. The minimum Gasteiger partial charge on any atom is -0.303 e. The predicted octanol–water partition coefficient (Wildman–Crippen LogP) is 6.22. The maximum absolute atomic E-state index is 13.3. The van der Waals surface area contributed by atoms with Gasteiger partial charge in [0, 0.05) is 23.8 Å². The average molecular weight is 480 g/mol. The Hall–Kier alpha value is -2.44. The number of aromatic nitrogens is 1. The second-order valence-electron chi connectivity index (χ2n) is 9.95. The van der Waals surface area contributed by atoms with Crippen molar-refractivity contribution in [1.82, 2.24) is 9.88 Å². The van der Waals surface area contributed by atoms with Gasteiger partial charge < -0.3 is 4.90 Å². The minimum absolute atomic E-state index is 0.0162. The van der Waals surface area contributed by atoms with E-state index in [2.05, 4.69) is 41.4 Å². The molecule has 0 spiro atoms. The third-order valence-electron chi connectivity index (χ3n) is 7.55. The number of nitrogens with one attached hydrogen (secondary N) is 1. The second kappa shape index (κ2) is 10.4. The third kappa shape index (κ3) is 5.28. The lowest BCUT2D eigenvalue weighted by atomic mass is 9.68. The first-order valence-corrected chi connectivity index (χ1v) is 14.0.